The lowest BCUT2D eigenvalue weighted by Gasteiger charge is -2.33. The zero-order valence-corrected chi connectivity index (χ0v) is 20.7. The Bertz CT molecular complexity index is 1230. The Balaban J connectivity index is 1.69. The Hall–Kier alpha value is -4.25. The number of nitrogens with one attached hydrogen (secondary N) is 2. The third-order valence-corrected chi connectivity index (χ3v) is 6.34. The molecule has 0 aliphatic carbocycles. The van der Waals surface area contributed by atoms with Gasteiger partial charge in [-0.2, -0.15) is 0 Å². The molecule has 2 atom stereocenters. The van der Waals surface area contributed by atoms with Gasteiger partial charge >= 0.3 is 6.03 Å². The molecule has 2 aromatic carbocycles. The third-order valence-electron chi connectivity index (χ3n) is 6.34. The van der Waals surface area contributed by atoms with Crippen LogP contribution in [-0.4, -0.2) is 53.3 Å². The average molecular weight is 487 g/mol. The lowest BCUT2D eigenvalue weighted by atomic mass is 9.95. The number of likely N-dealkylation sites (N-methyl/N-ethyl adjacent to an activating group) is 1. The van der Waals surface area contributed by atoms with Gasteiger partial charge in [-0.1, -0.05) is 50.1 Å². The number of carbonyl (C=O) groups is 3. The van der Waals surface area contributed by atoms with Gasteiger partial charge in [-0.15, -0.1) is 6.42 Å². The first-order valence-electron chi connectivity index (χ1n) is 12.0. The molecule has 2 heterocycles. The van der Waals surface area contributed by atoms with Gasteiger partial charge < -0.3 is 20.3 Å². The van der Waals surface area contributed by atoms with Crippen LogP contribution in [0.1, 0.15) is 32.4 Å². The van der Waals surface area contributed by atoms with Crippen LogP contribution in [0.3, 0.4) is 0 Å². The van der Waals surface area contributed by atoms with E-state index in [1.165, 1.54) is 0 Å². The van der Waals surface area contributed by atoms with Crippen LogP contribution < -0.4 is 15.4 Å². The standard InChI is InChI=1S/C28H30N4O4/c1-5-15-29-26(33)25(18(3)4)32-17-22-23(27(32)34)24(30-28(35)31(22)6-2)19-11-10-14-21(16-19)36-20-12-8-7-9-13-20/h1,7-14,16,18,24-25H,6,15,17H2,2-4H3,(H,29,33)(H,30,35)/t24-,25+/m0/s1. The highest BCUT2D eigenvalue weighted by molar-refractivity contribution is 6.03. The highest BCUT2D eigenvalue weighted by atomic mass is 16.5. The molecule has 2 aliphatic rings. The Labute approximate surface area is 211 Å². The maximum atomic E-state index is 13.8. The first kappa shape index (κ1) is 24.9. The number of amides is 4. The van der Waals surface area contributed by atoms with Crippen molar-refractivity contribution in [1.29, 1.82) is 0 Å². The molecule has 36 heavy (non-hydrogen) atoms. The van der Waals surface area contributed by atoms with Crippen molar-refractivity contribution in [1.82, 2.24) is 20.4 Å². The van der Waals surface area contributed by atoms with Crippen LogP contribution >= 0.6 is 0 Å². The summed E-state index contributed by atoms with van der Waals surface area (Å²) in [5, 5.41) is 5.68. The molecule has 0 saturated carbocycles. The fraction of sp³-hybridized carbons (Fsp3) is 0.321. The van der Waals surface area contributed by atoms with Crippen molar-refractivity contribution in [2.45, 2.75) is 32.9 Å². The van der Waals surface area contributed by atoms with Crippen molar-refractivity contribution in [3.8, 4) is 23.8 Å². The molecule has 0 bridgehead atoms. The molecule has 8 heteroatoms. The van der Waals surface area contributed by atoms with E-state index in [0.717, 1.165) is 0 Å². The monoisotopic (exact) mass is 486 g/mol. The summed E-state index contributed by atoms with van der Waals surface area (Å²) in [7, 11) is 0. The van der Waals surface area contributed by atoms with Crippen LogP contribution in [0, 0.1) is 18.3 Å². The highest BCUT2D eigenvalue weighted by Gasteiger charge is 2.47. The van der Waals surface area contributed by atoms with Crippen molar-refractivity contribution in [2.75, 3.05) is 19.6 Å². The van der Waals surface area contributed by atoms with E-state index >= 15 is 0 Å². The fourth-order valence-corrected chi connectivity index (χ4v) is 4.75. The molecular formula is C28H30N4O4. The summed E-state index contributed by atoms with van der Waals surface area (Å²) >= 11 is 0. The van der Waals surface area contributed by atoms with Gasteiger partial charge in [-0.3, -0.25) is 14.5 Å². The molecule has 2 aliphatic heterocycles. The molecule has 4 amide bonds. The highest BCUT2D eigenvalue weighted by Crippen LogP contribution is 2.38. The van der Waals surface area contributed by atoms with Crippen LogP contribution in [0.25, 0.3) is 0 Å². The summed E-state index contributed by atoms with van der Waals surface area (Å²) in [6, 6.07) is 15.0. The number of rotatable bonds is 8. The molecular weight excluding hydrogens is 456 g/mol. The van der Waals surface area contributed by atoms with E-state index in [4.69, 9.17) is 11.2 Å². The molecule has 4 rings (SSSR count). The van der Waals surface area contributed by atoms with Crippen LogP contribution in [0.2, 0.25) is 0 Å². The minimum Gasteiger partial charge on any atom is -0.457 e. The largest absolute Gasteiger partial charge is 0.457 e. The van der Waals surface area contributed by atoms with E-state index in [9.17, 15) is 14.4 Å². The lowest BCUT2D eigenvalue weighted by molar-refractivity contribution is -0.138. The van der Waals surface area contributed by atoms with Gasteiger partial charge in [0.1, 0.15) is 17.5 Å². The molecule has 0 aromatic heterocycles. The summed E-state index contributed by atoms with van der Waals surface area (Å²) in [6.07, 6.45) is 5.31. The number of urea groups is 1. The van der Waals surface area contributed by atoms with Crippen molar-refractivity contribution in [3.63, 3.8) is 0 Å². The number of benzene rings is 2. The van der Waals surface area contributed by atoms with E-state index in [1.807, 2.05) is 75.4 Å². The fourth-order valence-electron chi connectivity index (χ4n) is 4.75. The SMILES string of the molecule is C#CCNC(=O)[C@@H](C(C)C)N1CC2=C(C1=O)[C@H](c1cccc(Oc3ccccc3)c1)NC(=O)N2CC. The van der Waals surface area contributed by atoms with Crippen molar-refractivity contribution in [3.05, 3.63) is 71.4 Å². The zero-order valence-electron chi connectivity index (χ0n) is 20.7. The van der Waals surface area contributed by atoms with Gasteiger partial charge in [-0.25, -0.2) is 4.79 Å². The van der Waals surface area contributed by atoms with E-state index in [2.05, 4.69) is 16.6 Å². The molecule has 0 saturated heterocycles. The first-order chi connectivity index (χ1) is 17.3. The van der Waals surface area contributed by atoms with E-state index in [0.29, 0.717) is 34.9 Å². The second-order valence-corrected chi connectivity index (χ2v) is 9.02. The zero-order chi connectivity index (χ0) is 25.8. The molecule has 0 radical (unpaired) electrons. The van der Waals surface area contributed by atoms with Gasteiger partial charge in [-0.05, 0) is 42.7 Å². The summed E-state index contributed by atoms with van der Waals surface area (Å²) < 4.78 is 5.97. The lowest BCUT2D eigenvalue weighted by Crippen LogP contribution is -2.51. The number of hydrogen-bond donors (Lipinski definition) is 2. The molecule has 0 spiro atoms. The Kier molecular flexibility index (Phi) is 7.30. The number of para-hydroxylation sites is 1. The summed E-state index contributed by atoms with van der Waals surface area (Å²) in [5.41, 5.74) is 1.79. The second-order valence-electron chi connectivity index (χ2n) is 9.02. The van der Waals surface area contributed by atoms with Crippen molar-refractivity contribution < 1.29 is 19.1 Å². The first-order valence-corrected chi connectivity index (χ1v) is 12.0. The quantitative estimate of drug-likeness (QED) is 0.560. The van der Waals surface area contributed by atoms with Gasteiger partial charge in [0.05, 0.1) is 30.4 Å². The van der Waals surface area contributed by atoms with Crippen molar-refractivity contribution >= 4 is 17.8 Å². The maximum Gasteiger partial charge on any atom is 0.322 e. The predicted octanol–water partition coefficient (Wildman–Crippen LogP) is 3.44. The van der Waals surface area contributed by atoms with Crippen LogP contribution in [-0.2, 0) is 9.59 Å². The van der Waals surface area contributed by atoms with Gasteiger partial charge in [0.2, 0.25) is 5.91 Å². The van der Waals surface area contributed by atoms with Gasteiger partial charge in [0, 0.05) is 6.54 Å². The molecule has 2 aromatic rings. The van der Waals surface area contributed by atoms with E-state index < -0.39 is 12.1 Å². The summed E-state index contributed by atoms with van der Waals surface area (Å²) in [6.45, 7) is 6.26. The summed E-state index contributed by atoms with van der Waals surface area (Å²) in [4.78, 5) is 42.9. The van der Waals surface area contributed by atoms with Crippen molar-refractivity contribution in [2.24, 2.45) is 5.92 Å². The number of nitrogens with zero attached hydrogens (tertiary/aromatic N) is 2. The van der Waals surface area contributed by atoms with Gasteiger partial charge in [0.25, 0.3) is 5.91 Å². The third kappa shape index (κ3) is 4.78. The Morgan fingerprint density at radius 2 is 1.89 bits per heavy atom. The molecule has 8 nitrogen and oxygen atoms in total. The maximum absolute atomic E-state index is 13.8. The molecule has 0 unspecified atom stereocenters. The average Bonchev–Trinajstić information content (AvgIpc) is 3.19. The smallest absolute Gasteiger partial charge is 0.322 e. The number of ether oxygens (including phenoxy) is 1. The van der Waals surface area contributed by atoms with E-state index in [1.54, 1.807) is 9.80 Å². The molecule has 0 fully saturated rings. The Morgan fingerprint density at radius 1 is 1.17 bits per heavy atom. The Morgan fingerprint density at radius 3 is 2.56 bits per heavy atom. The minimum atomic E-state index is -0.723. The molecule has 186 valence electrons. The minimum absolute atomic E-state index is 0.0786. The number of carbonyl (C=O) groups excluding carboxylic acids is 3. The van der Waals surface area contributed by atoms with Crippen LogP contribution in [0.5, 0.6) is 11.5 Å². The normalized spacial score (nSPS) is 18.0. The van der Waals surface area contributed by atoms with Gasteiger partial charge in [0.15, 0.2) is 0 Å². The van der Waals surface area contributed by atoms with Crippen LogP contribution in [0.4, 0.5) is 4.79 Å². The molecule has 2 N–H and O–H groups in total. The number of hydrogen-bond acceptors (Lipinski definition) is 4. The van der Waals surface area contributed by atoms with Crippen LogP contribution in [0.15, 0.2) is 65.9 Å². The van der Waals surface area contributed by atoms with E-state index in [-0.39, 0.29) is 36.9 Å². The number of terminal acetylenes is 1. The second kappa shape index (κ2) is 10.6. The predicted molar refractivity (Wildman–Crippen MR) is 136 cm³/mol. The topological polar surface area (TPSA) is 91.0 Å². The summed E-state index contributed by atoms with van der Waals surface area (Å²) in [5.74, 6) is 2.91.